The number of halogens is 1. The lowest BCUT2D eigenvalue weighted by Crippen LogP contribution is -2.26. The molecule has 3 rings (SSSR count). The van der Waals surface area contributed by atoms with Crippen molar-refractivity contribution in [3.8, 4) is 5.75 Å². The highest BCUT2D eigenvalue weighted by atomic mass is 19.1. The fraction of sp³-hybridized carbons (Fsp3) is 0.333. The summed E-state index contributed by atoms with van der Waals surface area (Å²) in [4.78, 5) is 0. The van der Waals surface area contributed by atoms with E-state index in [4.69, 9.17) is 4.74 Å². The van der Waals surface area contributed by atoms with Crippen LogP contribution in [0.4, 0.5) is 4.39 Å². The molecule has 1 unspecified atom stereocenters. The molecule has 0 heterocycles. The summed E-state index contributed by atoms with van der Waals surface area (Å²) in [6.07, 6.45) is 1.99. The van der Waals surface area contributed by atoms with Crippen molar-refractivity contribution in [2.24, 2.45) is 5.92 Å². The van der Waals surface area contributed by atoms with Crippen molar-refractivity contribution in [1.29, 1.82) is 0 Å². The summed E-state index contributed by atoms with van der Waals surface area (Å²) in [6, 6.07) is 13.6. The highest BCUT2D eigenvalue weighted by Crippen LogP contribution is 2.36. The molecule has 2 aromatic rings. The molecule has 0 spiro atoms. The quantitative estimate of drug-likeness (QED) is 0.928. The van der Waals surface area contributed by atoms with Crippen LogP contribution in [0.3, 0.4) is 0 Å². The van der Waals surface area contributed by atoms with Gasteiger partial charge in [0.25, 0.3) is 0 Å². The molecule has 1 atom stereocenters. The first-order valence-corrected chi connectivity index (χ1v) is 7.30. The molecule has 2 aromatic carbocycles. The number of ether oxygens (including phenoxy) is 1. The molecule has 2 nitrogen and oxygen atoms in total. The lowest BCUT2D eigenvalue weighted by Gasteiger charge is -2.24. The molecule has 0 amide bonds. The number of rotatable bonds is 4. The van der Waals surface area contributed by atoms with E-state index in [2.05, 4.69) is 29.6 Å². The maximum atomic E-state index is 14.3. The first kappa shape index (κ1) is 14.1. The van der Waals surface area contributed by atoms with E-state index in [9.17, 15) is 4.39 Å². The molecular formula is C18H20FNO. The van der Waals surface area contributed by atoms with Crippen molar-refractivity contribution in [2.75, 3.05) is 14.2 Å². The average molecular weight is 285 g/mol. The van der Waals surface area contributed by atoms with Crippen LogP contribution in [0.2, 0.25) is 0 Å². The van der Waals surface area contributed by atoms with Crippen LogP contribution in [-0.4, -0.2) is 14.2 Å². The van der Waals surface area contributed by atoms with Gasteiger partial charge >= 0.3 is 0 Å². The molecular weight excluding hydrogens is 265 g/mol. The van der Waals surface area contributed by atoms with Gasteiger partial charge in [0.1, 0.15) is 11.6 Å². The predicted octanol–water partition coefficient (Wildman–Crippen LogP) is 3.51. The van der Waals surface area contributed by atoms with E-state index in [1.807, 2.05) is 19.2 Å². The van der Waals surface area contributed by atoms with Crippen molar-refractivity contribution in [2.45, 2.75) is 18.9 Å². The number of hydrogen-bond acceptors (Lipinski definition) is 2. The topological polar surface area (TPSA) is 21.3 Å². The molecule has 1 aliphatic carbocycles. The second-order valence-electron chi connectivity index (χ2n) is 5.59. The zero-order chi connectivity index (χ0) is 14.8. The Morgan fingerprint density at radius 3 is 2.33 bits per heavy atom. The summed E-state index contributed by atoms with van der Waals surface area (Å²) in [6.45, 7) is 0. The van der Waals surface area contributed by atoms with E-state index >= 15 is 0 Å². The highest BCUT2D eigenvalue weighted by Gasteiger charge is 2.30. The maximum Gasteiger partial charge on any atom is 0.131 e. The van der Waals surface area contributed by atoms with Crippen molar-refractivity contribution in [3.05, 3.63) is 65.0 Å². The van der Waals surface area contributed by atoms with E-state index < -0.39 is 0 Å². The Hall–Kier alpha value is -1.87. The summed E-state index contributed by atoms with van der Waals surface area (Å²) < 4.78 is 19.4. The fourth-order valence-electron chi connectivity index (χ4n) is 3.36. The Morgan fingerprint density at radius 1 is 1.14 bits per heavy atom. The maximum absolute atomic E-state index is 14.3. The Morgan fingerprint density at radius 2 is 1.81 bits per heavy atom. The lowest BCUT2D eigenvalue weighted by molar-refractivity contribution is 0.379. The minimum absolute atomic E-state index is 0.0170. The van der Waals surface area contributed by atoms with E-state index in [1.54, 1.807) is 7.11 Å². The average Bonchev–Trinajstić information content (AvgIpc) is 2.93. The molecule has 0 fully saturated rings. The van der Waals surface area contributed by atoms with Crippen LogP contribution in [-0.2, 0) is 12.8 Å². The highest BCUT2D eigenvalue weighted by molar-refractivity contribution is 5.36. The van der Waals surface area contributed by atoms with Gasteiger partial charge in [0.15, 0.2) is 0 Å². The third-order valence-corrected chi connectivity index (χ3v) is 4.41. The number of hydrogen-bond donors (Lipinski definition) is 1. The Labute approximate surface area is 125 Å². The smallest absolute Gasteiger partial charge is 0.131 e. The third kappa shape index (κ3) is 2.66. The first-order chi connectivity index (χ1) is 10.2. The Bertz CT molecular complexity index is 616. The van der Waals surface area contributed by atoms with E-state index in [-0.39, 0.29) is 11.9 Å². The van der Waals surface area contributed by atoms with Gasteiger partial charge in [0.05, 0.1) is 7.11 Å². The molecule has 0 radical (unpaired) electrons. The summed E-state index contributed by atoms with van der Waals surface area (Å²) in [7, 11) is 3.45. The van der Waals surface area contributed by atoms with E-state index in [0.717, 1.165) is 18.4 Å². The molecule has 1 aliphatic rings. The molecule has 21 heavy (non-hydrogen) atoms. The molecule has 0 saturated heterocycles. The van der Waals surface area contributed by atoms with Crippen molar-refractivity contribution < 1.29 is 9.13 Å². The number of nitrogens with one attached hydrogen (secondary N) is 1. The summed E-state index contributed by atoms with van der Waals surface area (Å²) in [5.74, 6) is 0.737. The van der Waals surface area contributed by atoms with E-state index in [1.165, 1.54) is 17.2 Å². The van der Waals surface area contributed by atoms with Gasteiger partial charge in [-0.15, -0.1) is 0 Å². The van der Waals surface area contributed by atoms with Crippen molar-refractivity contribution in [1.82, 2.24) is 5.32 Å². The van der Waals surface area contributed by atoms with Gasteiger partial charge in [-0.05, 0) is 43.0 Å². The van der Waals surface area contributed by atoms with Gasteiger partial charge in [0.2, 0.25) is 0 Å². The molecule has 0 saturated carbocycles. The van der Waals surface area contributed by atoms with E-state index in [0.29, 0.717) is 11.7 Å². The zero-order valence-corrected chi connectivity index (χ0v) is 12.4. The summed E-state index contributed by atoms with van der Waals surface area (Å²) in [5.41, 5.74) is 3.49. The minimum atomic E-state index is -0.204. The third-order valence-electron chi connectivity index (χ3n) is 4.41. The lowest BCUT2D eigenvalue weighted by atomic mass is 9.90. The van der Waals surface area contributed by atoms with Crippen LogP contribution in [0.1, 0.15) is 22.7 Å². The summed E-state index contributed by atoms with van der Waals surface area (Å²) in [5, 5.41) is 3.29. The molecule has 3 heteroatoms. The van der Waals surface area contributed by atoms with Crippen LogP contribution in [0.25, 0.3) is 0 Å². The van der Waals surface area contributed by atoms with Crippen LogP contribution in [0.5, 0.6) is 5.75 Å². The van der Waals surface area contributed by atoms with Gasteiger partial charge in [-0.2, -0.15) is 0 Å². The van der Waals surface area contributed by atoms with Gasteiger partial charge in [-0.3, -0.25) is 0 Å². The van der Waals surface area contributed by atoms with Crippen LogP contribution in [0, 0.1) is 11.7 Å². The second kappa shape index (κ2) is 5.86. The predicted molar refractivity (Wildman–Crippen MR) is 82.1 cm³/mol. The van der Waals surface area contributed by atoms with Gasteiger partial charge in [-0.25, -0.2) is 4.39 Å². The Kier molecular flexibility index (Phi) is 3.93. The number of methoxy groups -OCH3 is 1. The van der Waals surface area contributed by atoms with Gasteiger partial charge in [-0.1, -0.05) is 30.3 Å². The SMILES string of the molecule is CNC(c1ccc(OC)cc1F)C1Cc2ccccc2C1. The van der Waals surface area contributed by atoms with Gasteiger partial charge < -0.3 is 10.1 Å². The molecule has 110 valence electrons. The van der Waals surface area contributed by atoms with Crippen LogP contribution < -0.4 is 10.1 Å². The molecule has 0 bridgehead atoms. The normalized spacial score (nSPS) is 15.8. The largest absolute Gasteiger partial charge is 0.497 e. The molecule has 0 aliphatic heterocycles. The Balaban J connectivity index is 1.87. The van der Waals surface area contributed by atoms with Gasteiger partial charge in [0, 0.05) is 17.7 Å². The first-order valence-electron chi connectivity index (χ1n) is 7.30. The second-order valence-corrected chi connectivity index (χ2v) is 5.59. The standard InChI is InChI=1S/C18H20FNO/c1-20-18(16-8-7-15(21-2)11-17(16)19)14-9-12-5-3-4-6-13(12)10-14/h3-8,11,14,18,20H,9-10H2,1-2H3. The summed E-state index contributed by atoms with van der Waals surface area (Å²) >= 11 is 0. The van der Waals surface area contributed by atoms with Crippen molar-refractivity contribution in [3.63, 3.8) is 0 Å². The zero-order valence-electron chi connectivity index (χ0n) is 12.4. The molecule has 1 N–H and O–H groups in total. The van der Waals surface area contributed by atoms with Crippen LogP contribution >= 0.6 is 0 Å². The molecule has 0 aromatic heterocycles. The van der Waals surface area contributed by atoms with Crippen LogP contribution in [0.15, 0.2) is 42.5 Å². The monoisotopic (exact) mass is 285 g/mol. The number of fused-ring (bicyclic) bond motifs is 1. The number of benzene rings is 2. The fourth-order valence-corrected chi connectivity index (χ4v) is 3.36. The minimum Gasteiger partial charge on any atom is -0.497 e. The van der Waals surface area contributed by atoms with Crippen molar-refractivity contribution >= 4 is 0 Å².